The first-order valence-electron chi connectivity index (χ1n) is 11.1. The van der Waals surface area contributed by atoms with E-state index in [1.54, 1.807) is 37.3 Å². The lowest BCUT2D eigenvalue weighted by molar-refractivity contribution is -0.123. The molecule has 34 heavy (non-hydrogen) atoms. The Bertz CT molecular complexity index is 1250. The Morgan fingerprint density at radius 2 is 1.76 bits per heavy atom. The molecular weight excluding hydrogens is 456 g/mol. The van der Waals surface area contributed by atoms with Crippen LogP contribution in [0.25, 0.3) is 0 Å². The van der Waals surface area contributed by atoms with Crippen LogP contribution in [0.15, 0.2) is 54.1 Å². The number of halogens is 1. The first kappa shape index (κ1) is 22.3. The SMILES string of the molecule is CC1=C[C@H]2C[C@H]1[C@@H]1C(=O)N(c3ccc(C(=O)OCC(=O)Nc4cccc(Cl)c4C)cc3)C(=O)[C@@H]12. The number of ether oxygens (including phenoxy) is 1. The molecule has 0 radical (unpaired) electrons. The van der Waals surface area contributed by atoms with Crippen LogP contribution >= 0.6 is 11.6 Å². The predicted molar refractivity (Wildman–Crippen MR) is 126 cm³/mol. The summed E-state index contributed by atoms with van der Waals surface area (Å²) in [5.41, 5.74) is 3.11. The number of nitrogens with zero attached hydrogens (tertiary/aromatic N) is 1. The van der Waals surface area contributed by atoms with E-state index < -0.39 is 18.5 Å². The number of fused-ring (bicyclic) bond motifs is 5. The summed E-state index contributed by atoms with van der Waals surface area (Å²) in [6, 6.07) is 11.2. The summed E-state index contributed by atoms with van der Waals surface area (Å²) in [7, 11) is 0. The summed E-state index contributed by atoms with van der Waals surface area (Å²) in [6.07, 6.45) is 3.01. The highest BCUT2D eigenvalue weighted by Gasteiger charge is 2.60. The molecule has 0 unspecified atom stereocenters. The number of amides is 3. The third-order valence-corrected chi connectivity index (χ3v) is 7.53. The van der Waals surface area contributed by atoms with Gasteiger partial charge in [0.1, 0.15) is 0 Å². The van der Waals surface area contributed by atoms with Crippen LogP contribution in [0, 0.1) is 30.6 Å². The van der Waals surface area contributed by atoms with E-state index in [-0.39, 0.29) is 41.0 Å². The average Bonchev–Trinajstić information content (AvgIpc) is 3.45. The molecule has 2 aliphatic carbocycles. The highest BCUT2D eigenvalue weighted by Crippen LogP contribution is 2.55. The molecule has 1 N–H and O–H groups in total. The maximum absolute atomic E-state index is 13.1. The summed E-state index contributed by atoms with van der Waals surface area (Å²) < 4.78 is 5.11. The number of imide groups is 1. The van der Waals surface area contributed by atoms with Crippen LogP contribution in [0.1, 0.15) is 29.3 Å². The molecule has 0 spiro atoms. The van der Waals surface area contributed by atoms with E-state index >= 15 is 0 Å². The number of rotatable bonds is 5. The Kier molecular flexibility index (Phi) is 5.52. The van der Waals surface area contributed by atoms with Crippen LogP contribution in [-0.2, 0) is 19.1 Å². The standard InChI is InChI=1S/C26H23ClN2O5/c1-13-10-16-11-18(13)23-22(16)24(31)29(25(23)32)17-8-6-15(7-9-17)26(33)34-12-21(30)28-20-5-3-4-19(27)14(20)2/h3-10,16,18,22-23H,11-12H2,1-2H3,(H,28,30)/t16-,18+,22+,23-/m0/s1. The summed E-state index contributed by atoms with van der Waals surface area (Å²) in [4.78, 5) is 51.9. The van der Waals surface area contributed by atoms with Gasteiger partial charge in [-0.3, -0.25) is 19.3 Å². The number of allylic oxidation sites excluding steroid dienone is 2. The van der Waals surface area contributed by atoms with Gasteiger partial charge in [0.15, 0.2) is 6.61 Å². The minimum Gasteiger partial charge on any atom is -0.452 e. The quantitative estimate of drug-likeness (QED) is 0.396. The van der Waals surface area contributed by atoms with Gasteiger partial charge in [0, 0.05) is 10.7 Å². The van der Waals surface area contributed by atoms with E-state index in [9.17, 15) is 19.2 Å². The molecule has 2 aromatic rings. The lowest BCUT2D eigenvalue weighted by atomic mass is 9.82. The van der Waals surface area contributed by atoms with Crippen molar-refractivity contribution in [1.82, 2.24) is 0 Å². The van der Waals surface area contributed by atoms with Crippen molar-refractivity contribution >= 4 is 46.7 Å². The lowest BCUT2D eigenvalue weighted by Crippen LogP contribution is -2.33. The minimum atomic E-state index is -0.682. The normalized spacial score (nSPS) is 24.8. The van der Waals surface area contributed by atoms with E-state index in [0.717, 1.165) is 6.42 Å². The fourth-order valence-electron chi connectivity index (χ4n) is 5.42. The van der Waals surface area contributed by atoms with E-state index in [1.807, 2.05) is 6.92 Å². The largest absolute Gasteiger partial charge is 0.452 e. The van der Waals surface area contributed by atoms with E-state index in [0.29, 0.717) is 22.0 Å². The Labute approximate surface area is 201 Å². The zero-order chi connectivity index (χ0) is 24.1. The van der Waals surface area contributed by atoms with Crippen LogP contribution in [0.4, 0.5) is 11.4 Å². The Morgan fingerprint density at radius 1 is 1.06 bits per heavy atom. The van der Waals surface area contributed by atoms with Crippen LogP contribution < -0.4 is 10.2 Å². The molecule has 1 saturated heterocycles. The molecule has 5 rings (SSSR count). The maximum Gasteiger partial charge on any atom is 0.338 e. The number of carbonyl (C=O) groups excluding carboxylic acids is 4. The van der Waals surface area contributed by atoms with Crippen molar-refractivity contribution < 1.29 is 23.9 Å². The van der Waals surface area contributed by atoms with Gasteiger partial charge >= 0.3 is 5.97 Å². The van der Waals surface area contributed by atoms with Gasteiger partial charge in [-0.05, 0) is 74.1 Å². The molecule has 1 heterocycles. The third-order valence-electron chi connectivity index (χ3n) is 7.12. The number of nitrogens with one attached hydrogen (secondary N) is 1. The number of carbonyl (C=O) groups is 4. The molecule has 3 aliphatic rings. The van der Waals surface area contributed by atoms with Gasteiger partial charge in [-0.25, -0.2) is 4.79 Å². The second-order valence-corrected chi connectivity index (χ2v) is 9.47. The highest BCUT2D eigenvalue weighted by molar-refractivity contribution is 6.31. The first-order valence-corrected chi connectivity index (χ1v) is 11.5. The Balaban J connectivity index is 1.21. The van der Waals surface area contributed by atoms with Crippen molar-refractivity contribution in [2.45, 2.75) is 20.3 Å². The van der Waals surface area contributed by atoms with E-state index in [2.05, 4.69) is 11.4 Å². The van der Waals surface area contributed by atoms with Crippen molar-refractivity contribution in [3.8, 4) is 0 Å². The van der Waals surface area contributed by atoms with E-state index in [1.165, 1.54) is 22.6 Å². The molecule has 174 valence electrons. The van der Waals surface area contributed by atoms with Crippen LogP contribution in [-0.4, -0.2) is 30.3 Å². The molecule has 1 aliphatic heterocycles. The fraction of sp³-hybridized carbons (Fsp3) is 0.308. The lowest BCUT2D eigenvalue weighted by Gasteiger charge is -2.19. The average molecular weight is 479 g/mol. The molecule has 8 heteroatoms. The summed E-state index contributed by atoms with van der Waals surface area (Å²) >= 11 is 6.05. The van der Waals surface area contributed by atoms with E-state index in [4.69, 9.17) is 16.3 Å². The molecule has 3 amide bonds. The number of anilines is 2. The van der Waals surface area contributed by atoms with Gasteiger partial charge < -0.3 is 10.1 Å². The summed E-state index contributed by atoms with van der Waals surface area (Å²) in [6.45, 7) is 3.34. The van der Waals surface area contributed by atoms with Crippen LogP contribution in [0.3, 0.4) is 0 Å². The van der Waals surface area contributed by atoms with Crippen molar-refractivity contribution in [3.05, 3.63) is 70.3 Å². The fourth-order valence-corrected chi connectivity index (χ4v) is 5.59. The minimum absolute atomic E-state index is 0.132. The third kappa shape index (κ3) is 3.60. The predicted octanol–water partition coefficient (Wildman–Crippen LogP) is 4.15. The van der Waals surface area contributed by atoms with Gasteiger partial charge in [0.05, 0.1) is 23.1 Å². The monoisotopic (exact) mass is 478 g/mol. The van der Waals surface area contributed by atoms with Gasteiger partial charge in [-0.15, -0.1) is 0 Å². The topological polar surface area (TPSA) is 92.8 Å². The Hall–Kier alpha value is -3.45. The molecule has 2 aromatic carbocycles. The summed E-state index contributed by atoms with van der Waals surface area (Å²) in [5.74, 6) is -1.80. The molecule has 4 atom stereocenters. The number of esters is 1. The smallest absolute Gasteiger partial charge is 0.338 e. The number of hydrogen-bond acceptors (Lipinski definition) is 5. The van der Waals surface area contributed by atoms with Crippen LogP contribution in [0.5, 0.6) is 0 Å². The zero-order valence-electron chi connectivity index (χ0n) is 18.7. The number of benzene rings is 2. The molecule has 0 aromatic heterocycles. The van der Waals surface area contributed by atoms with Crippen LogP contribution in [0.2, 0.25) is 5.02 Å². The second kappa shape index (κ2) is 8.40. The van der Waals surface area contributed by atoms with Gasteiger partial charge in [-0.1, -0.05) is 29.3 Å². The van der Waals surface area contributed by atoms with Crippen molar-refractivity contribution in [1.29, 1.82) is 0 Å². The molecule has 2 fully saturated rings. The molecule has 1 saturated carbocycles. The second-order valence-electron chi connectivity index (χ2n) is 9.06. The van der Waals surface area contributed by atoms with Crippen molar-refractivity contribution in [2.75, 3.05) is 16.8 Å². The zero-order valence-corrected chi connectivity index (χ0v) is 19.5. The molecule has 7 nitrogen and oxygen atoms in total. The first-order chi connectivity index (χ1) is 16.3. The van der Waals surface area contributed by atoms with Crippen molar-refractivity contribution in [3.63, 3.8) is 0 Å². The number of hydrogen-bond donors (Lipinski definition) is 1. The maximum atomic E-state index is 13.1. The van der Waals surface area contributed by atoms with Gasteiger partial charge in [-0.2, -0.15) is 0 Å². The molecular formula is C26H23ClN2O5. The van der Waals surface area contributed by atoms with Gasteiger partial charge in [0.25, 0.3) is 5.91 Å². The van der Waals surface area contributed by atoms with Gasteiger partial charge in [0.2, 0.25) is 11.8 Å². The van der Waals surface area contributed by atoms with Crippen molar-refractivity contribution in [2.24, 2.45) is 23.7 Å². The summed E-state index contributed by atoms with van der Waals surface area (Å²) in [5, 5.41) is 3.18. The highest BCUT2D eigenvalue weighted by atomic mass is 35.5. The molecule has 2 bridgehead atoms. The Morgan fingerprint density at radius 3 is 2.50 bits per heavy atom.